The molecule has 2 atom stereocenters. The molecule has 5 nitrogen and oxygen atoms in total. The van der Waals surface area contributed by atoms with Crippen LogP contribution in [0.5, 0.6) is 0 Å². The molecule has 0 rings (SSSR count). The Kier molecular flexibility index (Phi) is 27.8. The SMILES string of the molecule is CCCCCCCCCCCCCCCCCCCCCCCC(=O)C(O)(CO)C(O)C(=O)CCCCCCC. The van der Waals surface area contributed by atoms with Crippen LogP contribution in [0.15, 0.2) is 0 Å². The number of aliphatic hydroxyl groups excluding tert-OH is 2. The lowest BCUT2D eigenvalue weighted by Crippen LogP contribution is -2.55. The predicted octanol–water partition coefficient (Wildman–Crippen LogP) is 9.17. The molecule has 5 heteroatoms. The molecule has 0 radical (unpaired) electrons. The lowest BCUT2D eigenvalue weighted by molar-refractivity contribution is -0.165. The molecule has 0 aliphatic carbocycles. The monoisotopic (exact) mass is 569 g/mol. The summed E-state index contributed by atoms with van der Waals surface area (Å²) in [5.41, 5.74) is -2.37. The quantitative estimate of drug-likeness (QED) is 0.0703. The number of rotatable bonds is 32. The number of aliphatic hydroxyl groups is 3. The molecule has 0 fully saturated rings. The van der Waals surface area contributed by atoms with E-state index in [1.165, 1.54) is 109 Å². The molecule has 3 N–H and O–H groups in total. The van der Waals surface area contributed by atoms with E-state index >= 15 is 0 Å². The second kappa shape index (κ2) is 28.3. The van der Waals surface area contributed by atoms with Gasteiger partial charge >= 0.3 is 0 Å². The first-order valence-electron chi connectivity index (χ1n) is 17.5. The molecule has 0 heterocycles. The van der Waals surface area contributed by atoms with Crippen LogP contribution >= 0.6 is 0 Å². The Labute approximate surface area is 248 Å². The topological polar surface area (TPSA) is 94.8 Å². The van der Waals surface area contributed by atoms with Crippen LogP contribution in [0.25, 0.3) is 0 Å². The van der Waals surface area contributed by atoms with Crippen molar-refractivity contribution in [1.29, 1.82) is 0 Å². The fraction of sp³-hybridized carbons (Fsp3) is 0.943. The van der Waals surface area contributed by atoms with E-state index in [9.17, 15) is 24.9 Å². The summed E-state index contributed by atoms with van der Waals surface area (Å²) in [6.07, 6.45) is 30.2. The van der Waals surface area contributed by atoms with Gasteiger partial charge in [-0.2, -0.15) is 0 Å². The minimum atomic E-state index is -2.37. The van der Waals surface area contributed by atoms with Gasteiger partial charge in [0.2, 0.25) is 0 Å². The van der Waals surface area contributed by atoms with Crippen LogP contribution in [0.4, 0.5) is 0 Å². The standard InChI is InChI=1S/C35H68O5/c1-3-5-7-9-10-11-12-13-14-15-16-17-18-19-20-21-22-23-24-26-28-30-33(38)35(40,31-36)34(39)32(37)29-27-25-8-6-4-2/h34,36,39-40H,3-31H2,1-2H3. The molecule has 0 aliphatic rings. The predicted molar refractivity (Wildman–Crippen MR) is 169 cm³/mol. The highest BCUT2D eigenvalue weighted by molar-refractivity contribution is 5.96. The van der Waals surface area contributed by atoms with Crippen LogP contribution < -0.4 is 0 Å². The van der Waals surface area contributed by atoms with Gasteiger partial charge in [-0.05, 0) is 12.8 Å². The van der Waals surface area contributed by atoms with E-state index in [4.69, 9.17) is 0 Å². The van der Waals surface area contributed by atoms with Gasteiger partial charge in [-0.15, -0.1) is 0 Å². The molecular weight excluding hydrogens is 500 g/mol. The van der Waals surface area contributed by atoms with Crippen molar-refractivity contribution in [3.8, 4) is 0 Å². The summed E-state index contributed by atoms with van der Waals surface area (Å²) >= 11 is 0. The smallest absolute Gasteiger partial charge is 0.178 e. The maximum atomic E-state index is 12.5. The average Bonchev–Trinajstić information content (AvgIpc) is 2.96. The lowest BCUT2D eigenvalue weighted by atomic mass is 9.85. The van der Waals surface area contributed by atoms with Gasteiger partial charge in [0.15, 0.2) is 23.3 Å². The van der Waals surface area contributed by atoms with Crippen molar-refractivity contribution in [2.45, 2.75) is 205 Å². The van der Waals surface area contributed by atoms with Crippen molar-refractivity contribution in [3.63, 3.8) is 0 Å². The fourth-order valence-electron chi connectivity index (χ4n) is 5.57. The first-order valence-corrected chi connectivity index (χ1v) is 17.5. The van der Waals surface area contributed by atoms with Gasteiger partial charge in [-0.25, -0.2) is 0 Å². The Morgan fingerprint density at radius 1 is 0.500 bits per heavy atom. The second-order valence-electron chi connectivity index (χ2n) is 12.4. The van der Waals surface area contributed by atoms with Gasteiger partial charge in [0, 0.05) is 12.8 Å². The van der Waals surface area contributed by atoms with Crippen molar-refractivity contribution in [2.24, 2.45) is 0 Å². The molecule has 238 valence electrons. The molecule has 0 saturated carbocycles. The molecule has 0 amide bonds. The summed E-state index contributed by atoms with van der Waals surface area (Å²) < 4.78 is 0. The summed E-state index contributed by atoms with van der Waals surface area (Å²) in [7, 11) is 0. The second-order valence-corrected chi connectivity index (χ2v) is 12.4. The van der Waals surface area contributed by atoms with Crippen molar-refractivity contribution >= 4 is 11.6 Å². The fourth-order valence-corrected chi connectivity index (χ4v) is 5.57. The van der Waals surface area contributed by atoms with E-state index in [0.717, 1.165) is 44.9 Å². The minimum absolute atomic E-state index is 0.0803. The summed E-state index contributed by atoms with van der Waals surface area (Å²) in [5, 5.41) is 30.5. The van der Waals surface area contributed by atoms with Gasteiger partial charge in [0.25, 0.3) is 0 Å². The molecule has 2 unspecified atom stereocenters. The Hall–Kier alpha value is -0.780. The number of ketones is 2. The molecule has 0 saturated heterocycles. The maximum Gasteiger partial charge on any atom is 0.178 e. The molecule has 0 aromatic carbocycles. The molecule has 0 spiro atoms. The Balaban J connectivity index is 3.64. The summed E-state index contributed by atoms with van der Waals surface area (Å²) in [6.45, 7) is 3.47. The van der Waals surface area contributed by atoms with E-state index in [-0.39, 0.29) is 12.8 Å². The van der Waals surface area contributed by atoms with E-state index in [0.29, 0.717) is 12.8 Å². The Morgan fingerprint density at radius 3 is 1.07 bits per heavy atom. The van der Waals surface area contributed by atoms with Crippen LogP contribution in [0.1, 0.15) is 194 Å². The number of hydrogen-bond donors (Lipinski definition) is 3. The Bertz CT molecular complexity index is 578. The van der Waals surface area contributed by atoms with Crippen molar-refractivity contribution in [3.05, 3.63) is 0 Å². The van der Waals surface area contributed by atoms with E-state index in [1.807, 2.05) is 0 Å². The molecule has 0 aromatic heterocycles. The maximum absolute atomic E-state index is 12.5. The molecule has 0 aromatic rings. The van der Waals surface area contributed by atoms with E-state index in [1.54, 1.807) is 0 Å². The van der Waals surface area contributed by atoms with Gasteiger partial charge in [0.05, 0.1) is 6.61 Å². The Morgan fingerprint density at radius 2 is 0.775 bits per heavy atom. The summed E-state index contributed by atoms with van der Waals surface area (Å²) in [5.74, 6) is -1.18. The minimum Gasteiger partial charge on any atom is -0.393 e. The van der Waals surface area contributed by atoms with Crippen LogP contribution in [-0.2, 0) is 9.59 Å². The normalized spacial score (nSPS) is 13.8. The highest BCUT2D eigenvalue weighted by atomic mass is 16.4. The number of unbranched alkanes of at least 4 members (excludes halogenated alkanes) is 24. The number of hydrogen-bond acceptors (Lipinski definition) is 5. The van der Waals surface area contributed by atoms with Crippen LogP contribution in [0, 0.1) is 0 Å². The van der Waals surface area contributed by atoms with E-state index < -0.39 is 29.9 Å². The zero-order chi connectivity index (χ0) is 29.7. The molecule has 0 aliphatic heterocycles. The summed E-state index contributed by atoms with van der Waals surface area (Å²) in [4.78, 5) is 24.8. The third kappa shape index (κ3) is 21.0. The number of carbonyl (C=O) groups is 2. The van der Waals surface area contributed by atoms with Gasteiger partial charge in [-0.1, -0.05) is 168 Å². The zero-order valence-electron chi connectivity index (χ0n) is 26.7. The van der Waals surface area contributed by atoms with Crippen LogP contribution in [0.2, 0.25) is 0 Å². The lowest BCUT2D eigenvalue weighted by Gasteiger charge is -2.29. The summed E-state index contributed by atoms with van der Waals surface area (Å²) in [6, 6.07) is 0. The average molecular weight is 569 g/mol. The number of Topliss-reactive ketones (excluding diaryl/α,β-unsaturated/α-hetero) is 2. The van der Waals surface area contributed by atoms with Crippen LogP contribution in [-0.4, -0.2) is 45.2 Å². The first kappa shape index (κ1) is 39.2. The zero-order valence-corrected chi connectivity index (χ0v) is 26.7. The largest absolute Gasteiger partial charge is 0.393 e. The van der Waals surface area contributed by atoms with E-state index in [2.05, 4.69) is 13.8 Å². The third-order valence-electron chi connectivity index (χ3n) is 8.52. The number of carbonyl (C=O) groups excluding carboxylic acids is 2. The van der Waals surface area contributed by atoms with Crippen molar-refractivity contribution in [1.82, 2.24) is 0 Å². The highest BCUT2D eigenvalue weighted by Gasteiger charge is 2.45. The molecule has 40 heavy (non-hydrogen) atoms. The first-order chi connectivity index (χ1) is 19.4. The van der Waals surface area contributed by atoms with Gasteiger partial charge in [-0.3, -0.25) is 9.59 Å². The van der Waals surface area contributed by atoms with Gasteiger partial charge in [0.1, 0.15) is 0 Å². The third-order valence-corrected chi connectivity index (χ3v) is 8.52. The van der Waals surface area contributed by atoms with Crippen molar-refractivity contribution in [2.75, 3.05) is 6.61 Å². The highest BCUT2D eigenvalue weighted by Crippen LogP contribution is 2.20. The van der Waals surface area contributed by atoms with Crippen molar-refractivity contribution < 1.29 is 24.9 Å². The molecular formula is C35H68O5. The molecule has 0 bridgehead atoms. The van der Waals surface area contributed by atoms with Crippen LogP contribution in [0.3, 0.4) is 0 Å². The van der Waals surface area contributed by atoms with Gasteiger partial charge < -0.3 is 15.3 Å².